The van der Waals surface area contributed by atoms with E-state index in [-0.39, 0.29) is 29.6 Å². The third kappa shape index (κ3) is 4.27. The topological polar surface area (TPSA) is 85.6 Å². The number of halogens is 2. The minimum atomic E-state index is -1.18. The summed E-state index contributed by atoms with van der Waals surface area (Å²) in [6.07, 6.45) is 1.77. The number of aromatic nitrogens is 1. The number of aliphatic hydroxyl groups is 1. The molecule has 0 saturated carbocycles. The number of fused-ring (bicyclic) bond motifs is 1. The van der Waals surface area contributed by atoms with Crippen LogP contribution in [0.1, 0.15) is 18.1 Å². The van der Waals surface area contributed by atoms with Crippen LogP contribution in [0.5, 0.6) is 0 Å². The highest BCUT2D eigenvalue weighted by Gasteiger charge is 2.18. The zero-order valence-electron chi connectivity index (χ0n) is 15.9. The molecule has 0 atom stereocenters. The number of pyridine rings is 1. The fourth-order valence-corrected chi connectivity index (χ4v) is 2.97. The average molecular weight is 413 g/mol. The first-order chi connectivity index (χ1) is 14.3. The number of ketones is 1. The van der Waals surface area contributed by atoms with Crippen LogP contribution < -0.4 is 5.43 Å². The van der Waals surface area contributed by atoms with E-state index in [1.165, 1.54) is 60.2 Å². The molecule has 154 valence electrons. The minimum Gasteiger partial charge on any atom is -0.507 e. The van der Waals surface area contributed by atoms with Crippen molar-refractivity contribution in [2.45, 2.75) is 13.5 Å². The maximum absolute atomic E-state index is 14.5. The average Bonchev–Trinajstić information content (AvgIpc) is 2.71. The van der Waals surface area contributed by atoms with Gasteiger partial charge in [0.05, 0.1) is 17.7 Å². The first-order valence-corrected chi connectivity index (χ1v) is 9.00. The number of para-hydroxylation sites is 1. The first-order valence-electron chi connectivity index (χ1n) is 9.00. The lowest BCUT2D eigenvalue weighted by atomic mass is 10.1. The van der Waals surface area contributed by atoms with E-state index in [9.17, 15) is 28.3 Å². The Hall–Kier alpha value is -3.81. The van der Waals surface area contributed by atoms with Gasteiger partial charge >= 0.3 is 5.97 Å². The Labute approximate surface area is 169 Å². The van der Waals surface area contributed by atoms with Crippen molar-refractivity contribution in [2.75, 3.05) is 6.61 Å². The summed E-state index contributed by atoms with van der Waals surface area (Å²) < 4.78 is 33.6. The van der Waals surface area contributed by atoms with E-state index in [0.717, 1.165) is 0 Å². The molecule has 0 spiro atoms. The Morgan fingerprint density at radius 3 is 2.50 bits per heavy atom. The van der Waals surface area contributed by atoms with Gasteiger partial charge in [-0.1, -0.05) is 18.2 Å². The Morgan fingerprint density at radius 2 is 1.83 bits per heavy atom. The van der Waals surface area contributed by atoms with Gasteiger partial charge in [-0.15, -0.1) is 0 Å². The Morgan fingerprint density at radius 1 is 1.13 bits per heavy atom. The van der Waals surface area contributed by atoms with Crippen LogP contribution in [0.4, 0.5) is 8.78 Å². The summed E-state index contributed by atoms with van der Waals surface area (Å²) in [5.41, 5.74) is -0.417. The van der Waals surface area contributed by atoms with Crippen molar-refractivity contribution in [3.05, 3.63) is 87.7 Å². The Bertz CT molecular complexity index is 1210. The number of aliphatic hydroxyl groups excluding tert-OH is 1. The highest BCUT2D eigenvalue weighted by molar-refractivity contribution is 6.39. The molecule has 0 aliphatic heterocycles. The second kappa shape index (κ2) is 8.69. The van der Waals surface area contributed by atoms with Gasteiger partial charge in [0.25, 0.3) is 5.78 Å². The van der Waals surface area contributed by atoms with Gasteiger partial charge in [0, 0.05) is 24.2 Å². The van der Waals surface area contributed by atoms with Crippen molar-refractivity contribution in [1.82, 2.24) is 4.57 Å². The number of rotatable bonds is 6. The van der Waals surface area contributed by atoms with Gasteiger partial charge in [0.1, 0.15) is 17.4 Å². The molecular weight excluding hydrogens is 396 g/mol. The molecule has 3 aromatic rings. The zero-order valence-corrected chi connectivity index (χ0v) is 15.9. The summed E-state index contributed by atoms with van der Waals surface area (Å²) in [5, 5.41) is 10.3. The third-order valence-electron chi connectivity index (χ3n) is 4.33. The SMILES string of the molecule is CCOC(=O)C(=O)C=C(O)c1cn(Cc2ccc(F)cc2)c2c(F)cccc2c1=O. The van der Waals surface area contributed by atoms with Crippen LogP contribution >= 0.6 is 0 Å². The van der Waals surface area contributed by atoms with Gasteiger partial charge in [0.15, 0.2) is 5.43 Å². The molecule has 0 unspecified atom stereocenters. The molecule has 30 heavy (non-hydrogen) atoms. The maximum atomic E-state index is 14.5. The zero-order chi connectivity index (χ0) is 21.8. The molecule has 0 amide bonds. The fraction of sp³-hybridized carbons (Fsp3) is 0.136. The highest BCUT2D eigenvalue weighted by atomic mass is 19.1. The summed E-state index contributed by atoms with van der Waals surface area (Å²) >= 11 is 0. The van der Waals surface area contributed by atoms with Crippen molar-refractivity contribution in [3.8, 4) is 0 Å². The maximum Gasteiger partial charge on any atom is 0.379 e. The van der Waals surface area contributed by atoms with E-state index in [4.69, 9.17) is 0 Å². The molecule has 1 heterocycles. The van der Waals surface area contributed by atoms with Crippen molar-refractivity contribution in [2.24, 2.45) is 0 Å². The van der Waals surface area contributed by atoms with E-state index < -0.39 is 34.6 Å². The summed E-state index contributed by atoms with van der Waals surface area (Å²) in [6.45, 7) is 1.55. The highest BCUT2D eigenvalue weighted by Crippen LogP contribution is 2.20. The van der Waals surface area contributed by atoms with Gasteiger partial charge in [-0.2, -0.15) is 0 Å². The number of benzene rings is 2. The monoisotopic (exact) mass is 413 g/mol. The van der Waals surface area contributed by atoms with Crippen LogP contribution in [0.25, 0.3) is 16.7 Å². The summed E-state index contributed by atoms with van der Waals surface area (Å²) in [7, 11) is 0. The summed E-state index contributed by atoms with van der Waals surface area (Å²) in [4.78, 5) is 36.1. The van der Waals surface area contributed by atoms with Crippen LogP contribution in [0.15, 0.2) is 59.5 Å². The van der Waals surface area contributed by atoms with Crippen LogP contribution in [-0.4, -0.2) is 28.0 Å². The molecule has 0 aliphatic rings. The van der Waals surface area contributed by atoms with Gasteiger partial charge < -0.3 is 14.4 Å². The molecule has 6 nitrogen and oxygen atoms in total. The van der Waals surface area contributed by atoms with Crippen molar-refractivity contribution >= 4 is 28.4 Å². The van der Waals surface area contributed by atoms with Gasteiger partial charge in [-0.3, -0.25) is 9.59 Å². The van der Waals surface area contributed by atoms with Crippen LogP contribution in [-0.2, 0) is 20.9 Å². The number of carbonyl (C=O) groups is 2. The molecule has 1 aromatic heterocycles. The largest absolute Gasteiger partial charge is 0.507 e. The summed E-state index contributed by atoms with van der Waals surface area (Å²) in [6, 6.07) is 9.39. The molecule has 0 fully saturated rings. The predicted octanol–water partition coefficient (Wildman–Crippen LogP) is 3.36. The normalized spacial score (nSPS) is 11.5. The second-order valence-corrected chi connectivity index (χ2v) is 6.38. The molecule has 1 N–H and O–H groups in total. The molecule has 0 bridgehead atoms. The quantitative estimate of drug-likeness (QED) is 0.290. The smallest absolute Gasteiger partial charge is 0.379 e. The number of esters is 1. The second-order valence-electron chi connectivity index (χ2n) is 6.38. The van der Waals surface area contributed by atoms with Crippen molar-refractivity contribution in [3.63, 3.8) is 0 Å². The fourth-order valence-electron chi connectivity index (χ4n) is 2.97. The summed E-state index contributed by atoms with van der Waals surface area (Å²) in [5.74, 6) is -4.17. The van der Waals surface area contributed by atoms with Gasteiger partial charge in [-0.05, 0) is 36.8 Å². The van der Waals surface area contributed by atoms with E-state index in [1.807, 2.05) is 0 Å². The van der Waals surface area contributed by atoms with Crippen LogP contribution in [0.3, 0.4) is 0 Å². The molecule has 0 saturated heterocycles. The van der Waals surface area contributed by atoms with E-state index >= 15 is 0 Å². The Balaban J connectivity index is 2.15. The molecule has 3 rings (SSSR count). The first kappa shape index (κ1) is 20.9. The van der Waals surface area contributed by atoms with E-state index in [1.54, 1.807) is 0 Å². The molecular formula is C22H17F2NO5. The lowest BCUT2D eigenvalue weighted by Crippen LogP contribution is -2.18. The molecule has 0 radical (unpaired) electrons. The van der Waals surface area contributed by atoms with Crippen LogP contribution in [0, 0.1) is 11.6 Å². The number of hydrogen-bond donors (Lipinski definition) is 1. The minimum absolute atomic E-state index is 0.0138. The standard InChI is InChI=1S/C22H17F2NO5/c1-2-30-22(29)19(27)10-18(26)16-12-25(11-13-6-8-14(23)9-7-13)20-15(21(16)28)4-3-5-17(20)24/h3-10,12,26H,2,11H2,1H3. The van der Waals surface area contributed by atoms with E-state index in [2.05, 4.69) is 4.74 Å². The lowest BCUT2D eigenvalue weighted by molar-refractivity contribution is -0.151. The van der Waals surface area contributed by atoms with E-state index in [0.29, 0.717) is 11.6 Å². The number of carbonyl (C=O) groups excluding carboxylic acids is 2. The number of ether oxygens (including phenoxy) is 1. The third-order valence-corrected chi connectivity index (χ3v) is 4.33. The van der Waals surface area contributed by atoms with Crippen LogP contribution in [0.2, 0.25) is 0 Å². The number of hydrogen-bond acceptors (Lipinski definition) is 5. The molecule has 8 heteroatoms. The molecule has 0 aliphatic carbocycles. The van der Waals surface area contributed by atoms with Crippen molar-refractivity contribution in [1.29, 1.82) is 0 Å². The molecule has 2 aromatic carbocycles. The Kier molecular flexibility index (Phi) is 6.06. The lowest BCUT2D eigenvalue weighted by Gasteiger charge is -2.14. The predicted molar refractivity (Wildman–Crippen MR) is 106 cm³/mol. The van der Waals surface area contributed by atoms with Crippen molar-refractivity contribution < 1.29 is 28.2 Å². The van der Waals surface area contributed by atoms with Gasteiger partial charge in [-0.25, -0.2) is 13.6 Å². The van der Waals surface area contributed by atoms with Gasteiger partial charge in [0.2, 0.25) is 0 Å². The number of nitrogens with zero attached hydrogens (tertiary/aromatic N) is 1.